The van der Waals surface area contributed by atoms with Gasteiger partial charge in [-0.05, 0) is 24.3 Å². The number of carbonyl (C=O) groups excluding carboxylic acids is 2. The van der Waals surface area contributed by atoms with Crippen molar-refractivity contribution >= 4 is 11.9 Å². The number of amides is 3. The quantitative estimate of drug-likeness (QED) is 0.738. The van der Waals surface area contributed by atoms with E-state index in [0.717, 1.165) is 16.9 Å². The molecule has 2 rings (SSSR count). The molecule has 0 radical (unpaired) electrons. The SMILES string of the molecule is CNC(=O)NC(=O)[C@@H]([NH2+]Cc1ccc(OC)cc1)c1ccccc1. The second kappa shape index (κ2) is 8.69. The van der Waals surface area contributed by atoms with Gasteiger partial charge in [0, 0.05) is 18.2 Å². The molecule has 0 aliphatic rings. The second-order valence-corrected chi connectivity index (χ2v) is 5.24. The summed E-state index contributed by atoms with van der Waals surface area (Å²) in [6.45, 7) is 0.602. The molecule has 6 heteroatoms. The van der Waals surface area contributed by atoms with E-state index in [0.29, 0.717) is 6.54 Å². The Labute approximate surface area is 141 Å². The average Bonchev–Trinajstić information content (AvgIpc) is 2.63. The lowest BCUT2D eigenvalue weighted by Crippen LogP contribution is -2.86. The van der Waals surface area contributed by atoms with Crippen molar-refractivity contribution in [3.63, 3.8) is 0 Å². The molecular formula is C18H22N3O3+. The van der Waals surface area contributed by atoms with Gasteiger partial charge in [-0.15, -0.1) is 0 Å². The fourth-order valence-electron chi connectivity index (χ4n) is 2.32. The minimum Gasteiger partial charge on any atom is -0.497 e. The number of hydrogen-bond acceptors (Lipinski definition) is 3. The van der Waals surface area contributed by atoms with Crippen LogP contribution in [0.4, 0.5) is 4.79 Å². The summed E-state index contributed by atoms with van der Waals surface area (Å²) < 4.78 is 5.14. The average molecular weight is 328 g/mol. The number of hydrogen-bond donors (Lipinski definition) is 3. The normalized spacial score (nSPS) is 11.4. The molecule has 6 nitrogen and oxygen atoms in total. The van der Waals surface area contributed by atoms with E-state index in [2.05, 4.69) is 10.6 Å². The summed E-state index contributed by atoms with van der Waals surface area (Å²) in [5.74, 6) is 0.435. The Morgan fingerprint density at radius 3 is 2.33 bits per heavy atom. The van der Waals surface area contributed by atoms with Gasteiger partial charge in [-0.2, -0.15) is 0 Å². The summed E-state index contributed by atoms with van der Waals surface area (Å²) in [6.07, 6.45) is 0. The molecular weight excluding hydrogens is 306 g/mol. The van der Waals surface area contributed by atoms with Crippen LogP contribution < -0.4 is 20.7 Å². The summed E-state index contributed by atoms with van der Waals surface area (Å²) in [5.41, 5.74) is 1.90. The Bertz CT molecular complexity index is 672. The number of carbonyl (C=O) groups is 2. The summed E-state index contributed by atoms with van der Waals surface area (Å²) in [4.78, 5) is 23.8. The summed E-state index contributed by atoms with van der Waals surface area (Å²) in [5, 5.41) is 6.63. The first-order chi connectivity index (χ1) is 11.6. The Balaban J connectivity index is 2.10. The highest BCUT2D eigenvalue weighted by Gasteiger charge is 2.25. The third kappa shape index (κ3) is 4.82. The lowest BCUT2D eigenvalue weighted by Gasteiger charge is -2.15. The molecule has 126 valence electrons. The molecule has 0 bridgehead atoms. The highest BCUT2D eigenvalue weighted by Crippen LogP contribution is 2.12. The number of benzene rings is 2. The van der Waals surface area contributed by atoms with Crippen molar-refractivity contribution in [2.45, 2.75) is 12.6 Å². The van der Waals surface area contributed by atoms with E-state index in [-0.39, 0.29) is 5.91 Å². The van der Waals surface area contributed by atoms with E-state index in [1.54, 1.807) is 7.11 Å². The predicted octanol–water partition coefficient (Wildman–Crippen LogP) is 0.956. The summed E-state index contributed by atoms with van der Waals surface area (Å²) in [6, 6.07) is 16.0. The van der Waals surface area contributed by atoms with Crippen LogP contribution in [0.2, 0.25) is 0 Å². The van der Waals surface area contributed by atoms with Crippen LogP contribution in [0.25, 0.3) is 0 Å². The van der Waals surface area contributed by atoms with Gasteiger partial charge in [-0.25, -0.2) is 4.79 Å². The fraction of sp³-hybridized carbons (Fsp3) is 0.222. The number of urea groups is 1. The first-order valence-corrected chi connectivity index (χ1v) is 7.68. The first-order valence-electron chi connectivity index (χ1n) is 7.68. The van der Waals surface area contributed by atoms with Gasteiger partial charge in [-0.3, -0.25) is 10.1 Å². The molecule has 4 N–H and O–H groups in total. The highest BCUT2D eigenvalue weighted by atomic mass is 16.5. The number of nitrogens with one attached hydrogen (secondary N) is 2. The van der Waals surface area contributed by atoms with Crippen molar-refractivity contribution in [2.24, 2.45) is 0 Å². The van der Waals surface area contributed by atoms with Gasteiger partial charge < -0.3 is 15.4 Å². The Morgan fingerprint density at radius 1 is 1.08 bits per heavy atom. The van der Waals surface area contributed by atoms with Crippen LogP contribution in [-0.4, -0.2) is 26.1 Å². The van der Waals surface area contributed by atoms with E-state index < -0.39 is 12.1 Å². The van der Waals surface area contributed by atoms with E-state index in [4.69, 9.17) is 4.74 Å². The summed E-state index contributed by atoms with van der Waals surface area (Å²) in [7, 11) is 3.09. The topological polar surface area (TPSA) is 84.0 Å². The van der Waals surface area contributed by atoms with Crippen molar-refractivity contribution in [1.82, 2.24) is 10.6 Å². The predicted molar refractivity (Wildman–Crippen MR) is 90.4 cm³/mol. The standard InChI is InChI=1S/C18H21N3O3/c1-19-18(23)21-17(22)16(14-6-4-3-5-7-14)20-12-13-8-10-15(24-2)11-9-13/h3-11,16,20H,12H2,1-2H3,(H2,19,21,22,23)/p+1/t16-/m0/s1. The molecule has 2 aromatic carbocycles. The highest BCUT2D eigenvalue weighted by molar-refractivity contribution is 5.96. The monoisotopic (exact) mass is 328 g/mol. The van der Waals surface area contributed by atoms with Crippen LogP contribution >= 0.6 is 0 Å². The molecule has 0 unspecified atom stereocenters. The maximum atomic E-state index is 12.4. The van der Waals surface area contributed by atoms with Gasteiger partial charge in [0.25, 0.3) is 5.91 Å². The Hall–Kier alpha value is -2.86. The molecule has 2 aromatic rings. The zero-order chi connectivity index (χ0) is 17.4. The van der Waals surface area contributed by atoms with Gasteiger partial charge >= 0.3 is 6.03 Å². The summed E-state index contributed by atoms with van der Waals surface area (Å²) >= 11 is 0. The number of rotatable bonds is 6. The van der Waals surface area contributed by atoms with Gasteiger partial charge in [0.2, 0.25) is 0 Å². The number of imide groups is 1. The number of methoxy groups -OCH3 is 1. The van der Waals surface area contributed by atoms with Crippen LogP contribution in [0.5, 0.6) is 5.75 Å². The van der Waals surface area contributed by atoms with Gasteiger partial charge in [0.1, 0.15) is 12.3 Å². The molecule has 0 aliphatic heterocycles. The van der Waals surface area contributed by atoms with Crippen LogP contribution in [0, 0.1) is 0 Å². The van der Waals surface area contributed by atoms with Crippen molar-refractivity contribution in [3.8, 4) is 5.75 Å². The number of nitrogens with two attached hydrogens (primary N) is 1. The third-order valence-corrected chi connectivity index (χ3v) is 3.65. The van der Waals surface area contributed by atoms with E-state index in [1.807, 2.05) is 59.9 Å². The molecule has 0 heterocycles. The van der Waals surface area contributed by atoms with Crippen molar-refractivity contribution in [3.05, 3.63) is 65.7 Å². The van der Waals surface area contributed by atoms with Crippen molar-refractivity contribution in [1.29, 1.82) is 0 Å². The molecule has 0 fully saturated rings. The lowest BCUT2D eigenvalue weighted by atomic mass is 10.1. The van der Waals surface area contributed by atoms with Gasteiger partial charge in [0.15, 0.2) is 6.04 Å². The lowest BCUT2D eigenvalue weighted by molar-refractivity contribution is -0.698. The maximum absolute atomic E-state index is 12.4. The van der Waals surface area contributed by atoms with E-state index in [9.17, 15) is 9.59 Å². The third-order valence-electron chi connectivity index (χ3n) is 3.65. The molecule has 0 spiro atoms. The van der Waals surface area contributed by atoms with Gasteiger partial charge in [0.05, 0.1) is 7.11 Å². The maximum Gasteiger partial charge on any atom is 0.321 e. The molecule has 1 atom stereocenters. The minimum absolute atomic E-state index is 0.353. The molecule has 0 aliphatic carbocycles. The minimum atomic E-state index is -0.515. The first kappa shape index (κ1) is 17.5. The smallest absolute Gasteiger partial charge is 0.321 e. The van der Waals surface area contributed by atoms with E-state index in [1.165, 1.54) is 7.05 Å². The van der Waals surface area contributed by atoms with Crippen molar-refractivity contribution in [2.75, 3.05) is 14.2 Å². The van der Waals surface area contributed by atoms with Crippen LogP contribution in [0.3, 0.4) is 0 Å². The largest absolute Gasteiger partial charge is 0.497 e. The number of quaternary nitrogens is 1. The van der Waals surface area contributed by atoms with Gasteiger partial charge in [-0.1, -0.05) is 30.3 Å². The molecule has 24 heavy (non-hydrogen) atoms. The fourth-order valence-corrected chi connectivity index (χ4v) is 2.32. The second-order valence-electron chi connectivity index (χ2n) is 5.24. The zero-order valence-electron chi connectivity index (χ0n) is 13.8. The zero-order valence-corrected chi connectivity index (χ0v) is 13.8. The number of ether oxygens (including phenoxy) is 1. The molecule has 0 saturated heterocycles. The van der Waals surface area contributed by atoms with Crippen LogP contribution in [0.15, 0.2) is 54.6 Å². The van der Waals surface area contributed by atoms with E-state index >= 15 is 0 Å². The molecule has 0 aromatic heterocycles. The molecule has 3 amide bonds. The Kier molecular flexibility index (Phi) is 6.33. The molecule has 0 saturated carbocycles. The Morgan fingerprint density at radius 2 is 1.75 bits per heavy atom. The van der Waals surface area contributed by atoms with Crippen molar-refractivity contribution < 1.29 is 19.6 Å². The van der Waals surface area contributed by atoms with Crippen LogP contribution in [-0.2, 0) is 11.3 Å². The van der Waals surface area contributed by atoms with Crippen LogP contribution in [0.1, 0.15) is 17.2 Å².